The summed E-state index contributed by atoms with van der Waals surface area (Å²) in [5.41, 5.74) is 5.94. The first-order chi connectivity index (χ1) is 12.9. The molecule has 0 spiro atoms. The summed E-state index contributed by atoms with van der Waals surface area (Å²) in [5, 5.41) is 0. The molecule has 1 saturated heterocycles. The first-order valence-electron chi connectivity index (χ1n) is 10.1. The van der Waals surface area contributed by atoms with Crippen LogP contribution in [0.2, 0.25) is 20.3 Å². The van der Waals surface area contributed by atoms with Crippen LogP contribution in [0, 0.1) is 0 Å². The molecule has 2 heteroatoms. The molecule has 1 fully saturated rings. The van der Waals surface area contributed by atoms with Crippen LogP contribution in [0.15, 0.2) is 60.7 Å². The predicted molar refractivity (Wildman–Crippen MR) is 113 cm³/mol. The second-order valence-electron chi connectivity index (χ2n) is 7.61. The molecule has 0 aromatic heterocycles. The van der Waals surface area contributed by atoms with Gasteiger partial charge in [-0.1, -0.05) is 24.9 Å². The summed E-state index contributed by atoms with van der Waals surface area (Å²) >= 11 is -0.407. The van der Waals surface area contributed by atoms with Crippen LogP contribution in [0.3, 0.4) is 0 Å². The molecule has 0 saturated carbocycles. The van der Waals surface area contributed by atoms with E-state index in [2.05, 4.69) is 77.5 Å². The van der Waals surface area contributed by atoms with Gasteiger partial charge in [-0.15, -0.1) is 0 Å². The van der Waals surface area contributed by atoms with Gasteiger partial charge in [-0.05, 0) is 0 Å². The Morgan fingerprint density at radius 1 is 0.808 bits per heavy atom. The summed E-state index contributed by atoms with van der Waals surface area (Å²) in [4.78, 5) is 0. The van der Waals surface area contributed by atoms with Crippen molar-refractivity contribution in [2.75, 3.05) is 0 Å². The summed E-state index contributed by atoms with van der Waals surface area (Å²) in [5.74, 6) is 1.25. The van der Waals surface area contributed by atoms with Gasteiger partial charge in [-0.3, -0.25) is 0 Å². The van der Waals surface area contributed by atoms with E-state index in [0.29, 0.717) is 21.4 Å². The molecule has 2 unspecified atom stereocenters. The van der Waals surface area contributed by atoms with E-state index >= 15 is 0 Å². The van der Waals surface area contributed by atoms with Crippen LogP contribution in [0.4, 0.5) is 0 Å². The maximum absolute atomic E-state index is 2.50. The molecule has 0 radical (unpaired) electrons. The summed E-state index contributed by atoms with van der Waals surface area (Å²) in [6, 6.07) is 21.1. The van der Waals surface area contributed by atoms with Gasteiger partial charge < -0.3 is 0 Å². The fraction of sp³-hybridized carbons (Fsp3) is 0.333. The summed E-state index contributed by atoms with van der Waals surface area (Å²) in [6.07, 6.45) is 12.7. The number of hydrogen-bond donors (Lipinski definition) is 0. The Morgan fingerprint density at radius 2 is 1.31 bits per heavy atom. The van der Waals surface area contributed by atoms with Gasteiger partial charge in [0.1, 0.15) is 0 Å². The molecule has 2 atom stereocenters. The first kappa shape index (κ1) is 18.4. The molecule has 3 aliphatic rings. The van der Waals surface area contributed by atoms with E-state index in [-0.39, 0.29) is 0 Å². The second-order valence-corrected chi connectivity index (χ2v) is 12.8. The molecule has 2 aromatic rings. The van der Waals surface area contributed by atoms with Crippen molar-refractivity contribution in [3.8, 4) is 0 Å². The predicted octanol–water partition coefficient (Wildman–Crippen LogP) is 6.31. The van der Waals surface area contributed by atoms with Crippen molar-refractivity contribution in [2.45, 2.75) is 45.0 Å². The van der Waals surface area contributed by atoms with E-state index in [1.54, 1.807) is 36.1 Å². The van der Waals surface area contributed by atoms with E-state index in [9.17, 15) is 0 Å². The Kier molecular flexibility index (Phi) is 6.23. The Hall–Kier alpha value is -0.980. The minimum atomic E-state index is -0.407. The minimum absolute atomic E-state index is 0.407. The average molecular weight is 436 g/mol. The summed E-state index contributed by atoms with van der Waals surface area (Å²) < 4.78 is 3.31. The van der Waals surface area contributed by atoms with Gasteiger partial charge in [0.05, 0.1) is 0 Å². The van der Waals surface area contributed by atoms with Gasteiger partial charge in [0.15, 0.2) is 0 Å². The molecule has 26 heavy (non-hydrogen) atoms. The monoisotopic (exact) mass is 434 g/mol. The molecule has 2 aromatic carbocycles. The molecule has 0 bridgehead atoms. The molecule has 5 rings (SSSR count). The third-order valence-electron chi connectivity index (χ3n) is 6.03. The van der Waals surface area contributed by atoms with Crippen molar-refractivity contribution >= 4 is 21.7 Å². The van der Waals surface area contributed by atoms with Gasteiger partial charge in [0, 0.05) is 9.52 Å². The van der Waals surface area contributed by atoms with Crippen LogP contribution < -0.4 is 0 Å². The van der Waals surface area contributed by atoms with Crippen molar-refractivity contribution in [1.82, 2.24) is 0 Å². The number of rotatable bonds is 3. The Labute approximate surface area is 172 Å². The molecule has 1 aliphatic heterocycles. The molecule has 1 heterocycles. The van der Waals surface area contributed by atoms with Crippen LogP contribution in [0.25, 0.3) is 12.2 Å². The zero-order chi connectivity index (χ0) is 17.8. The molecule has 2 aliphatic carbocycles. The van der Waals surface area contributed by atoms with Crippen molar-refractivity contribution in [3.05, 3.63) is 82.9 Å². The first-order valence-corrected chi connectivity index (χ1v) is 16.0. The summed E-state index contributed by atoms with van der Waals surface area (Å²) in [6.45, 7) is 0. The molecule has 0 amide bonds. The van der Waals surface area contributed by atoms with E-state index < -0.39 is 23.2 Å². The van der Waals surface area contributed by atoms with Gasteiger partial charge in [0.25, 0.3) is 0 Å². The van der Waals surface area contributed by atoms with E-state index in [1.807, 2.05) is 0 Å². The number of allylic oxidation sites excluding steroid dienone is 2. The van der Waals surface area contributed by atoms with Crippen molar-refractivity contribution in [1.29, 1.82) is 0 Å². The zero-order valence-corrected chi connectivity index (χ0v) is 19.6. The normalized spacial score (nSPS) is 23.1. The van der Waals surface area contributed by atoms with Crippen LogP contribution in [-0.4, -0.2) is 9.52 Å². The van der Waals surface area contributed by atoms with Gasteiger partial charge in [0.2, 0.25) is 0 Å². The van der Waals surface area contributed by atoms with Crippen molar-refractivity contribution in [3.63, 3.8) is 0 Å². The van der Waals surface area contributed by atoms with Crippen molar-refractivity contribution < 1.29 is 23.2 Å². The maximum atomic E-state index is 2.50. The Balaban J connectivity index is 0.000000292. The Bertz CT molecular complexity index is 734. The number of benzene rings is 2. The fourth-order valence-corrected chi connectivity index (χ4v) is 9.61. The SMILES string of the molecule is C1CC[SiH2]C1.[CH3][Zr][CH](C1C=Cc2ccccc21)C1C=Cc2ccccc21. The third-order valence-corrected chi connectivity index (χ3v) is 11.4. The second kappa shape index (κ2) is 8.81. The van der Waals surface area contributed by atoms with Crippen LogP contribution in [0.5, 0.6) is 0 Å². The molecule has 0 nitrogen and oxygen atoms in total. The topological polar surface area (TPSA) is 0 Å². The van der Waals surface area contributed by atoms with Crippen molar-refractivity contribution in [2.24, 2.45) is 0 Å². The average Bonchev–Trinajstić information content (AvgIpc) is 3.45. The van der Waals surface area contributed by atoms with Crippen LogP contribution in [-0.2, 0) is 23.2 Å². The number of hydrogen-bond acceptors (Lipinski definition) is 0. The summed E-state index contributed by atoms with van der Waals surface area (Å²) in [7, 11) is 0.543. The molecular formula is C24H28SiZr. The fourth-order valence-electron chi connectivity index (χ4n) is 4.65. The number of fused-ring (bicyclic) bond motifs is 2. The molecule has 0 N–H and O–H groups in total. The molecule has 132 valence electrons. The van der Waals surface area contributed by atoms with E-state index in [0.717, 1.165) is 3.63 Å². The van der Waals surface area contributed by atoms with Crippen LogP contribution in [0.1, 0.15) is 46.9 Å². The third kappa shape index (κ3) is 3.82. The standard InChI is InChI=1S/C19H15.C4H10Si.CH3.Zr/c1-3-7-18-14(5-1)9-11-16(18)13-17-12-10-15-6-2-4-8-19(15)17;1-2-4-5-3-1;;/h1-13,16-17H;1-5H2;1H3;. The van der Waals surface area contributed by atoms with E-state index in [4.69, 9.17) is 0 Å². The quantitative estimate of drug-likeness (QED) is 0.495. The van der Waals surface area contributed by atoms with Gasteiger partial charge in [-0.2, -0.15) is 0 Å². The van der Waals surface area contributed by atoms with Gasteiger partial charge >= 0.3 is 138 Å². The Morgan fingerprint density at radius 3 is 1.73 bits per heavy atom. The zero-order valence-electron chi connectivity index (χ0n) is 15.7. The van der Waals surface area contributed by atoms with Crippen LogP contribution >= 0.6 is 0 Å². The van der Waals surface area contributed by atoms with Gasteiger partial charge in [-0.25, -0.2) is 0 Å². The molecular weight excluding hydrogens is 408 g/mol. The van der Waals surface area contributed by atoms with E-state index in [1.165, 1.54) is 11.1 Å².